The number of carbonyl (C=O) groups is 2. The normalized spacial score (nSPS) is 22.2. The van der Waals surface area contributed by atoms with Gasteiger partial charge in [0.05, 0.1) is 0 Å². The van der Waals surface area contributed by atoms with Gasteiger partial charge in [-0.3, -0.25) is 4.79 Å². The van der Waals surface area contributed by atoms with E-state index in [1.165, 1.54) is 0 Å². The molecule has 21 heavy (non-hydrogen) atoms. The zero-order chi connectivity index (χ0) is 16.0. The molecule has 1 saturated heterocycles. The van der Waals surface area contributed by atoms with E-state index in [4.69, 9.17) is 9.47 Å². The smallest absolute Gasteiger partial charge is 0.410 e. The van der Waals surface area contributed by atoms with Crippen molar-refractivity contribution < 1.29 is 19.1 Å². The summed E-state index contributed by atoms with van der Waals surface area (Å²) >= 11 is 0. The van der Waals surface area contributed by atoms with Crippen LogP contribution in [0.2, 0.25) is 0 Å². The van der Waals surface area contributed by atoms with Crippen LogP contribution in [-0.4, -0.2) is 55.3 Å². The monoisotopic (exact) mass is 300 g/mol. The van der Waals surface area contributed by atoms with Crippen molar-refractivity contribution in [1.82, 2.24) is 10.2 Å². The molecule has 0 aromatic carbocycles. The van der Waals surface area contributed by atoms with Crippen molar-refractivity contribution in [3.8, 4) is 0 Å². The topological polar surface area (TPSA) is 67.9 Å². The van der Waals surface area contributed by atoms with Crippen LogP contribution in [0.1, 0.15) is 34.6 Å². The number of nitrogens with zero attached hydrogens (tertiary/aromatic N) is 1. The Morgan fingerprint density at radius 1 is 1.29 bits per heavy atom. The summed E-state index contributed by atoms with van der Waals surface area (Å²) in [6.07, 6.45) is -0.280. The second-order valence-corrected chi connectivity index (χ2v) is 6.56. The van der Waals surface area contributed by atoms with Gasteiger partial charge in [-0.15, -0.1) is 0 Å². The van der Waals surface area contributed by atoms with Gasteiger partial charge >= 0.3 is 6.09 Å². The SMILES string of the molecule is CCOCC(=O)NCC1CN(C(=O)OC(C)(C)C)CC1C. The lowest BCUT2D eigenvalue weighted by atomic mass is 9.98. The standard InChI is InChI=1S/C15H28N2O4/c1-6-20-10-13(18)16-7-12-9-17(8-11(12)2)14(19)21-15(3,4)5/h11-12H,6-10H2,1-5H3,(H,16,18). The van der Waals surface area contributed by atoms with Crippen molar-refractivity contribution in [2.75, 3.05) is 32.8 Å². The van der Waals surface area contributed by atoms with Crippen molar-refractivity contribution in [3.05, 3.63) is 0 Å². The number of likely N-dealkylation sites (tertiary alicyclic amines) is 1. The van der Waals surface area contributed by atoms with Gasteiger partial charge in [-0.1, -0.05) is 6.92 Å². The molecule has 2 atom stereocenters. The molecule has 6 heteroatoms. The van der Waals surface area contributed by atoms with Crippen molar-refractivity contribution in [2.24, 2.45) is 11.8 Å². The van der Waals surface area contributed by atoms with Gasteiger partial charge in [0.15, 0.2) is 0 Å². The minimum Gasteiger partial charge on any atom is -0.444 e. The van der Waals surface area contributed by atoms with Crippen LogP contribution >= 0.6 is 0 Å². The molecule has 0 bridgehead atoms. The summed E-state index contributed by atoms with van der Waals surface area (Å²) in [5.74, 6) is 0.479. The fraction of sp³-hybridized carbons (Fsp3) is 0.867. The molecule has 122 valence electrons. The van der Waals surface area contributed by atoms with E-state index in [2.05, 4.69) is 12.2 Å². The molecule has 1 aliphatic heterocycles. The van der Waals surface area contributed by atoms with E-state index in [0.717, 1.165) is 0 Å². The molecule has 0 radical (unpaired) electrons. The largest absolute Gasteiger partial charge is 0.444 e. The summed E-state index contributed by atoms with van der Waals surface area (Å²) in [5, 5.41) is 2.85. The fourth-order valence-electron chi connectivity index (χ4n) is 2.27. The average molecular weight is 300 g/mol. The van der Waals surface area contributed by atoms with Gasteiger partial charge in [0.2, 0.25) is 5.91 Å². The van der Waals surface area contributed by atoms with E-state index in [1.807, 2.05) is 27.7 Å². The first-order chi connectivity index (χ1) is 9.73. The van der Waals surface area contributed by atoms with E-state index in [1.54, 1.807) is 4.90 Å². The van der Waals surface area contributed by atoms with Crippen LogP contribution in [0.15, 0.2) is 0 Å². The molecule has 1 heterocycles. The lowest BCUT2D eigenvalue weighted by Crippen LogP contribution is -2.37. The zero-order valence-corrected chi connectivity index (χ0v) is 13.8. The predicted molar refractivity (Wildman–Crippen MR) is 80.0 cm³/mol. The van der Waals surface area contributed by atoms with E-state index >= 15 is 0 Å². The quantitative estimate of drug-likeness (QED) is 0.838. The molecule has 1 rings (SSSR count). The Balaban J connectivity index is 2.39. The van der Waals surface area contributed by atoms with Crippen molar-refractivity contribution in [1.29, 1.82) is 0 Å². The number of rotatable bonds is 5. The van der Waals surface area contributed by atoms with Crippen LogP contribution in [0.3, 0.4) is 0 Å². The van der Waals surface area contributed by atoms with Crippen LogP contribution < -0.4 is 5.32 Å². The van der Waals surface area contributed by atoms with Crippen molar-refractivity contribution in [2.45, 2.75) is 40.2 Å². The maximum atomic E-state index is 12.0. The Bertz CT molecular complexity index is 365. The molecule has 0 saturated carbocycles. The second kappa shape index (κ2) is 7.64. The zero-order valence-electron chi connectivity index (χ0n) is 13.8. The maximum Gasteiger partial charge on any atom is 0.410 e. The Kier molecular flexibility index (Phi) is 6.45. The summed E-state index contributed by atoms with van der Waals surface area (Å²) in [6.45, 7) is 12.0. The highest BCUT2D eigenvalue weighted by atomic mass is 16.6. The first-order valence-corrected chi connectivity index (χ1v) is 7.55. The van der Waals surface area contributed by atoms with Crippen molar-refractivity contribution in [3.63, 3.8) is 0 Å². The van der Waals surface area contributed by atoms with Gasteiger partial charge in [-0.2, -0.15) is 0 Å². The highest BCUT2D eigenvalue weighted by Crippen LogP contribution is 2.24. The first-order valence-electron chi connectivity index (χ1n) is 7.55. The van der Waals surface area contributed by atoms with Crippen LogP contribution in [0, 0.1) is 11.8 Å². The molecule has 6 nitrogen and oxygen atoms in total. The van der Waals surface area contributed by atoms with Gasteiger partial charge < -0.3 is 19.7 Å². The molecular weight excluding hydrogens is 272 g/mol. The summed E-state index contributed by atoms with van der Waals surface area (Å²) in [4.78, 5) is 25.3. The van der Waals surface area contributed by atoms with Gasteiger partial charge in [0, 0.05) is 26.2 Å². The fourth-order valence-corrected chi connectivity index (χ4v) is 2.27. The number of nitrogens with one attached hydrogen (secondary N) is 1. The van der Waals surface area contributed by atoms with Gasteiger partial charge in [-0.05, 0) is 39.5 Å². The van der Waals surface area contributed by atoms with Crippen LogP contribution in [-0.2, 0) is 14.3 Å². The third kappa shape index (κ3) is 6.33. The second-order valence-electron chi connectivity index (χ2n) is 6.56. The molecule has 0 aromatic rings. The van der Waals surface area contributed by atoms with Crippen LogP contribution in [0.25, 0.3) is 0 Å². The Labute approximate surface area is 127 Å². The summed E-state index contributed by atoms with van der Waals surface area (Å²) in [5.41, 5.74) is -0.482. The van der Waals surface area contributed by atoms with E-state index in [-0.39, 0.29) is 24.5 Å². The highest BCUT2D eigenvalue weighted by molar-refractivity contribution is 5.77. The Morgan fingerprint density at radius 2 is 1.95 bits per heavy atom. The van der Waals surface area contributed by atoms with Gasteiger partial charge in [0.1, 0.15) is 12.2 Å². The van der Waals surface area contributed by atoms with E-state index < -0.39 is 5.60 Å². The van der Waals surface area contributed by atoms with E-state index in [0.29, 0.717) is 32.2 Å². The molecule has 0 aromatic heterocycles. The number of ether oxygens (including phenoxy) is 2. The lowest BCUT2D eigenvalue weighted by Gasteiger charge is -2.24. The molecule has 1 fully saturated rings. The highest BCUT2D eigenvalue weighted by Gasteiger charge is 2.34. The minimum absolute atomic E-state index is 0.0907. The van der Waals surface area contributed by atoms with Gasteiger partial charge in [0.25, 0.3) is 0 Å². The molecule has 1 aliphatic rings. The number of hydrogen-bond acceptors (Lipinski definition) is 4. The summed E-state index contributed by atoms with van der Waals surface area (Å²) in [7, 11) is 0. The third-order valence-corrected chi connectivity index (χ3v) is 3.42. The molecule has 1 N–H and O–H groups in total. The predicted octanol–water partition coefficient (Wildman–Crippen LogP) is 1.64. The summed E-state index contributed by atoms with van der Waals surface area (Å²) in [6, 6.07) is 0. The minimum atomic E-state index is -0.482. The Morgan fingerprint density at radius 3 is 2.52 bits per heavy atom. The van der Waals surface area contributed by atoms with Crippen LogP contribution in [0.5, 0.6) is 0 Å². The van der Waals surface area contributed by atoms with E-state index in [9.17, 15) is 9.59 Å². The number of carbonyl (C=O) groups excluding carboxylic acids is 2. The van der Waals surface area contributed by atoms with Crippen LogP contribution in [0.4, 0.5) is 4.79 Å². The number of amides is 2. The molecule has 0 spiro atoms. The Hall–Kier alpha value is -1.30. The molecule has 2 unspecified atom stereocenters. The summed E-state index contributed by atoms with van der Waals surface area (Å²) < 4.78 is 10.4. The maximum absolute atomic E-state index is 12.0. The van der Waals surface area contributed by atoms with Gasteiger partial charge in [-0.25, -0.2) is 4.79 Å². The third-order valence-electron chi connectivity index (χ3n) is 3.42. The lowest BCUT2D eigenvalue weighted by molar-refractivity contribution is -0.125. The van der Waals surface area contributed by atoms with Crippen molar-refractivity contribution >= 4 is 12.0 Å². The molecular formula is C15H28N2O4. The average Bonchev–Trinajstić information content (AvgIpc) is 2.73. The number of hydrogen-bond donors (Lipinski definition) is 1. The molecule has 2 amide bonds. The first kappa shape index (κ1) is 17.8. The molecule has 0 aliphatic carbocycles.